The maximum atomic E-state index is 12.9. The van der Waals surface area contributed by atoms with Crippen molar-refractivity contribution >= 4 is 17.3 Å². The topological polar surface area (TPSA) is 55.1 Å². The van der Waals surface area contributed by atoms with Crippen LogP contribution in [0.2, 0.25) is 0 Å². The van der Waals surface area contributed by atoms with Gasteiger partial charge in [-0.05, 0) is 31.0 Å². The molecule has 0 fully saturated rings. The fourth-order valence-electron chi connectivity index (χ4n) is 1.53. The summed E-state index contributed by atoms with van der Waals surface area (Å²) in [6, 6.07) is 4.18. The molecule has 0 aliphatic rings. The molecular formula is C12H17FN2O. The van der Waals surface area contributed by atoms with Crippen LogP contribution in [0.1, 0.15) is 26.7 Å². The van der Waals surface area contributed by atoms with Crippen molar-refractivity contribution in [2.45, 2.75) is 26.7 Å². The molecule has 0 aliphatic carbocycles. The number of halogens is 1. The first kappa shape index (κ1) is 12.5. The fourth-order valence-corrected chi connectivity index (χ4v) is 1.53. The Balaban J connectivity index is 2.73. The predicted octanol–water partition coefficient (Wildman–Crippen LogP) is 2.78. The smallest absolute Gasteiger partial charge is 0.227 e. The Morgan fingerprint density at radius 2 is 2.06 bits per heavy atom. The Labute approximate surface area is 94.8 Å². The van der Waals surface area contributed by atoms with Crippen molar-refractivity contribution < 1.29 is 9.18 Å². The first-order valence-corrected chi connectivity index (χ1v) is 5.44. The molecule has 0 bridgehead atoms. The van der Waals surface area contributed by atoms with Crippen molar-refractivity contribution in [3.05, 3.63) is 24.0 Å². The minimum Gasteiger partial charge on any atom is -0.396 e. The van der Waals surface area contributed by atoms with Crippen LogP contribution in [0.25, 0.3) is 0 Å². The molecule has 4 heteroatoms. The summed E-state index contributed by atoms with van der Waals surface area (Å²) in [5, 5.41) is 2.73. The highest BCUT2D eigenvalue weighted by atomic mass is 19.1. The Kier molecular flexibility index (Phi) is 4.28. The highest BCUT2D eigenvalue weighted by Gasteiger charge is 2.14. The van der Waals surface area contributed by atoms with E-state index in [1.54, 1.807) is 0 Å². The van der Waals surface area contributed by atoms with Gasteiger partial charge in [0.25, 0.3) is 0 Å². The average molecular weight is 224 g/mol. The third-order valence-corrected chi connectivity index (χ3v) is 2.62. The highest BCUT2D eigenvalue weighted by Crippen LogP contribution is 2.18. The van der Waals surface area contributed by atoms with E-state index >= 15 is 0 Å². The van der Waals surface area contributed by atoms with Crippen LogP contribution in [0.4, 0.5) is 15.8 Å². The van der Waals surface area contributed by atoms with Crippen molar-refractivity contribution in [2.24, 2.45) is 5.92 Å². The molecule has 88 valence electrons. The summed E-state index contributed by atoms with van der Waals surface area (Å²) >= 11 is 0. The van der Waals surface area contributed by atoms with Crippen molar-refractivity contribution in [1.82, 2.24) is 0 Å². The van der Waals surface area contributed by atoms with Crippen LogP contribution in [-0.2, 0) is 4.79 Å². The lowest BCUT2D eigenvalue weighted by Crippen LogP contribution is -2.21. The van der Waals surface area contributed by atoms with Crippen molar-refractivity contribution in [3.63, 3.8) is 0 Å². The van der Waals surface area contributed by atoms with E-state index in [4.69, 9.17) is 5.73 Å². The summed E-state index contributed by atoms with van der Waals surface area (Å²) in [5.74, 6) is -0.525. The maximum Gasteiger partial charge on any atom is 0.227 e. The second-order valence-electron chi connectivity index (χ2n) is 3.74. The molecule has 16 heavy (non-hydrogen) atoms. The third-order valence-electron chi connectivity index (χ3n) is 2.62. The maximum absolute atomic E-state index is 12.9. The van der Waals surface area contributed by atoms with Crippen LogP contribution in [0.15, 0.2) is 18.2 Å². The molecule has 3 N–H and O–H groups in total. The first-order valence-electron chi connectivity index (χ1n) is 5.44. The molecular weight excluding hydrogens is 207 g/mol. The number of anilines is 2. The minimum atomic E-state index is -0.472. The Bertz CT molecular complexity index is 375. The van der Waals surface area contributed by atoms with Gasteiger partial charge in [0.15, 0.2) is 0 Å². The van der Waals surface area contributed by atoms with Crippen molar-refractivity contribution in [1.29, 1.82) is 0 Å². The standard InChI is InChI=1S/C12H17FN2O/c1-3-8(4-2)12(16)15-9-5-6-10(13)11(14)7-9/h5-8H,3-4,14H2,1-2H3,(H,15,16). The SMILES string of the molecule is CCC(CC)C(=O)Nc1ccc(F)c(N)c1. The number of hydrogen-bond donors (Lipinski definition) is 2. The molecule has 0 atom stereocenters. The lowest BCUT2D eigenvalue weighted by molar-refractivity contribution is -0.120. The van der Waals surface area contributed by atoms with Gasteiger partial charge in [0.1, 0.15) is 5.82 Å². The molecule has 3 nitrogen and oxygen atoms in total. The van der Waals surface area contributed by atoms with Gasteiger partial charge in [-0.1, -0.05) is 13.8 Å². The molecule has 0 saturated heterocycles. The number of nitrogens with one attached hydrogen (secondary N) is 1. The zero-order valence-corrected chi connectivity index (χ0v) is 9.59. The molecule has 1 amide bonds. The summed E-state index contributed by atoms with van der Waals surface area (Å²) in [4.78, 5) is 11.7. The zero-order chi connectivity index (χ0) is 12.1. The highest BCUT2D eigenvalue weighted by molar-refractivity contribution is 5.92. The first-order chi connectivity index (χ1) is 7.58. The quantitative estimate of drug-likeness (QED) is 0.773. The summed E-state index contributed by atoms with van der Waals surface area (Å²) in [5.41, 5.74) is 5.99. The summed E-state index contributed by atoms with van der Waals surface area (Å²) in [6.45, 7) is 3.93. The van der Waals surface area contributed by atoms with E-state index < -0.39 is 5.82 Å². The van der Waals surface area contributed by atoms with E-state index in [0.717, 1.165) is 12.8 Å². The summed E-state index contributed by atoms with van der Waals surface area (Å²) < 4.78 is 12.9. The molecule has 1 aromatic carbocycles. The van der Waals surface area contributed by atoms with E-state index in [2.05, 4.69) is 5.32 Å². The van der Waals surface area contributed by atoms with E-state index in [1.807, 2.05) is 13.8 Å². The van der Waals surface area contributed by atoms with E-state index in [0.29, 0.717) is 5.69 Å². The van der Waals surface area contributed by atoms with Gasteiger partial charge < -0.3 is 11.1 Å². The van der Waals surface area contributed by atoms with Gasteiger partial charge >= 0.3 is 0 Å². The lowest BCUT2D eigenvalue weighted by atomic mass is 10.0. The lowest BCUT2D eigenvalue weighted by Gasteiger charge is -2.13. The normalized spacial score (nSPS) is 10.5. The Morgan fingerprint density at radius 1 is 1.44 bits per heavy atom. The molecule has 0 saturated carbocycles. The molecule has 1 aromatic rings. The van der Waals surface area contributed by atoms with Crippen LogP contribution in [0, 0.1) is 11.7 Å². The zero-order valence-electron chi connectivity index (χ0n) is 9.59. The number of carbonyl (C=O) groups excluding carboxylic acids is 1. The van der Waals surface area contributed by atoms with E-state index in [1.165, 1.54) is 18.2 Å². The van der Waals surface area contributed by atoms with Gasteiger partial charge in [-0.25, -0.2) is 4.39 Å². The van der Waals surface area contributed by atoms with E-state index in [-0.39, 0.29) is 17.5 Å². The Hall–Kier alpha value is -1.58. The molecule has 1 rings (SSSR count). The number of hydrogen-bond acceptors (Lipinski definition) is 2. The van der Waals surface area contributed by atoms with Crippen LogP contribution in [0.3, 0.4) is 0 Å². The monoisotopic (exact) mass is 224 g/mol. The number of amides is 1. The van der Waals surface area contributed by atoms with Gasteiger partial charge in [0, 0.05) is 11.6 Å². The number of nitrogen functional groups attached to an aromatic ring is 1. The van der Waals surface area contributed by atoms with Crippen molar-refractivity contribution in [2.75, 3.05) is 11.1 Å². The van der Waals surface area contributed by atoms with Crippen LogP contribution < -0.4 is 11.1 Å². The fraction of sp³-hybridized carbons (Fsp3) is 0.417. The number of rotatable bonds is 4. The Morgan fingerprint density at radius 3 is 2.56 bits per heavy atom. The van der Waals surface area contributed by atoms with Crippen LogP contribution in [0.5, 0.6) is 0 Å². The van der Waals surface area contributed by atoms with Gasteiger partial charge in [-0.15, -0.1) is 0 Å². The molecule has 0 unspecified atom stereocenters. The van der Waals surface area contributed by atoms with Gasteiger partial charge in [0.05, 0.1) is 5.69 Å². The molecule has 0 radical (unpaired) electrons. The molecule has 0 aromatic heterocycles. The summed E-state index contributed by atoms with van der Waals surface area (Å²) in [6.07, 6.45) is 1.58. The predicted molar refractivity (Wildman–Crippen MR) is 63.5 cm³/mol. The number of carbonyl (C=O) groups is 1. The van der Waals surface area contributed by atoms with Gasteiger partial charge in [-0.2, -0.15) is 0 Å². The largest absolute Gasteiger partial charge is 0.396 e. The molecule has 0 heterocycles. The van der Waals surface area contributed by atoms with E-state index in [9.17, 15) is 9.18 Å². The van der Waals surface area contributed by atoms with Gasteiger partial charge in [0.2, 0.25) is 5.91 Å². The van der Waals surface area contributed by atoms with Gasteiger partial charge in [-0.3, -0.25) is 4.79 Å². The second-order valence-corrected chi connectivity index (χ2v) is 3.74. The molecule has 0 spiro atoms. The second kappa shape index (κ2) is 5.49. The average Bonchev–Trinajstić information content (AvgIpc) is 2.25. The van der Waals surface area contributed by atoms with Crippen LogP contribution in [-0.4, -0.2) is 5.91 Å². The van der Waals surface area contributed by atoms with Crippen molar-refractivity contribution in [3.8, 4) is 0 Å². The summed E-state index contributed by atoms with van der Waals surface area (Å²) in [7, 11) is 0. The molecule has 0 aliphatic heterocycles. The third kappa shape index (κ3) is 2.95. The minimum absolute atomic E-state index is 0.00808. The number of benzene rings is 1. The number of nitrogens with two attached hydrogens (primary N) is 1. The van der Waals surface area contributed by atoms with Crippen LogP contribution >= 0.6 is 0 Å².